The number of halogens is 1. The van der Waals surface area contributed by atoms with E-state index in [0.29, 0.717) is 37.0 Å². The third-order valence-corrected chi connectivity index (χ3v) is 4.21. The standard InChI is InChI=1S/C14H17ClN6O4/c15-10-1-2-11(12(9-10)21(22)23)20-5-3-19(4-6-20)7-8-24-14-13(16)17-25-18-14/h1-2,9H,3-8H2,(H2,16,17). The summed E-state index contributed by atoms with van der Waals surface area (Å²) in [7, 11) is 0. The average Bonchev–Trinajstić information content (AvgIpc) is 3.01. The number of rotatable bonds is 6. The molecule has 25 heavy (non-hydrogen) atoms. The monoisotopic (exact) mass is 368 g/mol. The van der Waals surface area contributed by atoms with E-state index >= 15 is 0 Å². The fourth-order valence-corrected chi connectivity index (χ4v) is 2.85. The molecule has 1 aliphatic rings. The number of hydrogen-bond donors (Lipinski definition) is 1. The number of benzene rings is 1. The van der Waals surface area contributed by atoms with E-state index < -0.39 is 4.92 Å². The molecule has 10 nitrogen and oxygen atoms in total. The summed E-state index contributed by atoms with van der Waals surface area (Å²) in [6.07, 6.45) is 0. The molecule has 0 atom stereocenters. The van der Waals surface area contributed by atoms with Crippen LogP contribution in [0.4, 0.5) is 17.2 Å². The number of piperazine rings is 1. The Morgan fingerprint density at radius 1 is 1.32 bits per heavy atom. The van der Waals surface area contributed by atoms with Crippen molar-refractivity contribution >= 4 is 28.8 Å². The molecule has 1 aromatic carbocycles. The summed E-state index contributed by atoms with van der Waals surface area (Å²) >= 11 is 5.86. The van der Waals surface area contributed by atoms with Gasteiger partial charge < -0.3 is 15.4 Å². The van der Waals surface area contributed by atoms with Gasteiger partial charge in [-0.1, -0.05) is 11.6 Å². The first-order valence-electron chi connectivity index (χ1n) is 7.66. The van der Waals surface area contributed by atoms with Crippen molar-refractivity contribution in [1.82, 2.24) is 15.2 Å². The van der Waals surface area contributed by atoms with Gasteiger partial charge in [0.2, 0.25) is 5.82 Å². The predicted molar refractivity (Wildman–Crippen MR) is 91.0 cm³/mol. The SMILES string of the molecule is Nc1nonc1OCCN1CCN(c2ccc(Cl)cc2[N+](=O)[O-])CC1. The van der Waals surface area contributed by atoms with Gasteiger partial charge in [0, 0.05) is 43.8 Å². The maximum Gasteiger partial charge on any atom is 0.300 e. The summed E-state index contributed by atoms with van der Waals surface area (Å²) in [6, 6.07) is 4.74. The van der Waals surface area contributed by atoms with Crippen molar-refractivity contribution in [3.63, 3.8) is 0 Å². The molecule has 0 aliphatic carbocycles. The lowest BCUT2D eigenvalue weighted by Gasteiger charge is -2.35. The molecule has 134 valence electrons. The van der Waals surface area contributed by atoms with Gasteiger partial charge in [-0.2, -0.15) is 0 Å². The zero-order chi connectivity index (χ0) is 17.8. The molecular formula is C14H17ClN6O4. The predicted octanol–water partition coefficient (Wildman–Crippen LogP) is 1.41. The Morgan fingerprint density at radius 2 is 2.08 bits per heavy atom. The summed E-state index contributed by atoms with van der Waals surface area (Å²) in [6.45, 7) is 3.96. The number of anilines is 2. The minimum Gasteiger partial charge on any atom is -0.471 e. The number of nitro benzene ring substituents is 1. The van der Waals surface area contributed by atoms with Gasteiger partial charge in [-0.25, -0.2) is 4.63 Å². The van der Waals surface area contributed by atoms with Crippen molar-refractivity contribution in [2.24, 2.45) is 0 Å². The maximum atomic E-state index is 11.2. The fraction of sp³-hybridized carbons (Fsp3) is 0.429. The summed E-state index contributed by atoms with van der Waals surface area (Å²) in [4.78, 5) is 15.0. The van der Waals surface area contributed by atoms with Crippen LogP contribution in [0, 0.1) is 10.1 Å². The van der Waals surface area contributed by atoms with E-state index in [9.17, 15) is 10.1 Å². The van der Waals surface area contributed by atoms with Gasteiger partial charge in [-0.3, -0.25) is 15.0 Å². The lowest BCUT2D eigenvalue weighted by Crippen LogP contribution is -2.47. The fourth-order valence-electron chi connectivity index (χ4n) is 2.68. The molecule has 1 saturated heterocycles. The van der Waals surface area contributed by atoms with E-state index in [0.717, 1.165) is 13.1 Å². The van der Waals surface area contributed by atoms with Gasteiger partial charge in [0.15, 0.2) is 0 Å². The van der Waals surface area contributed by atoms with Gasteiger partial charge in [0.1, 0.15) is 12.3 Å². The Hall–Kier alpha value is -2.59. The molecule has 1 aliphatic heterocycles. The molecule has 0 amide bonds. The van der Waals surface area contributed by atoms with Crippen LogP contribution in [-0.2, 0) is 0 Å². The van der Waals surface area contributed by atoms with Gasteiger partial charge >= 0.3 is 0 Å². The Morgan fingerprint density at radius 3 is 2.72 bits per heavy atom. The van der Waals surface area contributed by atoms with E-state index in [2.05, 4.69) is 19.8 Å². The van der Waals surface area contributed by atoms with Crippen LogP contribution in [0.15, 0.2) is 22.8 Å². The molecule has 0 spiro atoms. The third-order valence-electron chi connectivity index (χ3n) is 3.98. The van der Waals surface area contributed by atoms with Crippen LogP contribution in [0.25, 0.3) is 0 Å². The van der Waals surface area contributed by atoms with Crippen molar-refractivity contribution in [2.45, 2.75) is 0 Å². The van der Waals surface area contributed by atoms with Gasteiger partial charge in [0.25, 0.3) is 11.6 Å². The molecule has 0 bridgehead atoms. The topological polar surface area (TPSA) is 124 Å². The highest BCUT2D eigenvalue weighted by Crippen LogP contribution is 2.31. The Kier molecular flexibility index (Phi) is 5.19. The number of nitro groups is 1. The molecule has 11 heteroatoms. The van der Waals surface area contributed by atoms with E-state index in [1.54, 1.807) is 12.1 Å². The Balaban J connectivity index is 1.52. The number of ether oxygens (including phenoxy) is 1. The van der Waals surface area contributed by atoms with Gasteiger partial charge in [-0.15, -0.1) is 0 Å². The Labute approximate surface area is 148 Å². The molecule has 2 aromatic rings. The molecule has 1 fully saturated rings. The number of hydrogen-bond acceptors (Lipinski definition) is 9. The first-order valence-corrected chi connectivity index (χ1v) is 8.04. The van der Waals surface area contributed by atoms with Crippen LogP contribution >= 0.6 is 11.6 Å². The van der Waals surface area contributed by atoms with E-state index in [-0.39, 0.29) is 17.4 Å². The second-order valence-electron chi connectivity index (χ2n) is 5.52. The maximum absolute atomic E-state index is 11.2. The summed E-state index contributed by atoms with van der Waals surface area (Å²) in [5.74, 6) is 0.315. The second-order valence-corrected chi connectivity index (χ2v) is 5.96. The van der Waals surface area contributed by atoms with Crippen LogP contribution < -0.4 is 15.4 Å². The summed E-state index contributed by atoms with van der Waals surface area (Å²) < 4.78 is 9.86. The van der Waals surface area contributed by atoms with Crippen LogP contribution in [-0.4, -0.2) is 59.5 Å². The number of nitrogens with zero attached hydrogens (tertiary/aromatic N) is 5. The van der Waals surface area contributed by atoms with Crippen molar-refractivity contribution < 1.29 is 14.3 Å². The Bertz CT molecular complexity index is 747. The molecule has 2 heterocycles. The van der Waals surface area contributed by atoms with Crippen LogP contribution in [0.1, 0.15) is 0 Å². The highest BCUT2D eigenvalue weighted by molar-refractivity contribution is 6.30. The molecule has 0 unspecified atom stereocenters. The second kappa shape index (κ2) is 7.53. The average molecular weight is 369 g/mol. The van der Waals surface area contributed by atoms with Crippen molar-refractivity contribution in [2.75, 3.05) is 50.0 Å². The largest absolute Gasteiger partial charge is 0.471 e. The minimum atomic E-state index is -0.405. The van der Waals surface area contributed by atoms with E-state index in [1.807, 2.05) is 4.90 Å². The highest BCUT2D eigenvalue weighted by atomic mass is 35.5. The molecule has 0 radical (unpaired) electrons. The number of aromatic nitrogens is 2. The van der Waals surface area contributed by atoms with Crippen molar-refractivity contribution in [3.8, 4) is 5.88 Å². The van der Waals surface area contributed by atoms with E-state index in [4.69, 9.17) is 22.1 Å². The smallest absolute Gasteiger partial charge is 0.300 e. The zero-order valence-corrected chi connectivity index (χ0v) is 14.1. The summed E-state index contributed by atoms with van der Waals surface area (Å²) in [5, 5.41) is 18.6. The van der Waals surface area contributed by atoms with Crippen LogP contribution in [0.3, 0.4) is 0 Å². The van der Waals surface area contributed by atoms with Crippen molar-refractivity contribution in [1.29, 1.82) is 0 Å². The van der Waals surface area contributed by atoms with Crippen LogP contribution in [0.2, 0.25) is 5.02 Å². The van der Waals surface area contributed by atoms with Crippen molar-refractivity contribution in [3.05, 3.63) is 33.3 Å². The zero-order valence-electron chi connectivity index (χ0n) is 13.3. The first-order chi connectivity index (χ1) is 12.0. The minimum absolute atomic E-state index is 0.0262. The summed E-state index contributed by atoms with van der Waals surface area (Å²) in [5.41, 5.74) is 6.13. The number of nitrogens with two attached hydrogens (primary N) is 1. The molecule has 1 aromatic heterocycles. The lowest BCUT2D eigenvalue weighted by atomic mass is 10.2. The molecular weight excluding hydrogens is 352 g/mol. The van der Waals surface area contributed by atoms with E-state index in [1.165, 1.54) is 6.07 Å². The van der Waals surface area contributed by atoms with Crippen LogP contribution in [0.5, 0.6) is 5.88 Å². The quantitative estimate of drug-likeness (QED) is 0.595. The third kappa shape index (κ3) is 4.09. The van der Waals surface area contributed by atoms with Gasteiger partial charge in [-0.05, 0) is 22.4 Å². The first kappa shape index (κ1) is 17.2. The normalized spacial score (nSPS) is 15.3. The molecule has 0 saturated carbocycles. The highest BCUT2D eigenvalue weighted by Gasteiger charge is 2.24. The molecule has 2 N–H and O–H groups in total. The molecule has 3 rings (SSSR count). The number of nitrogen functional groups attached to an aromatic ring is 1. The lowest BCUT2D eigenvalue weighted by molar-refractivity contribution is -0.384. The van der Waals surface area contributed by atoms with Gasteiger partial charge in [0.05, 0.1) is 4.92 Å².